The van der Waals surface area contributed by atoms with Crippen LogP contribution < -0.4 is 5.73 Å². The minimum atomic E-state index is -4.75. The molecule has 2 fully saturated rings. The van der Waals surface area contributed by atoms with E-state index in [0.29, 0.717) is 22.8 Å². The molecule has 0 radical (unpaired) electrons. The normalized spacial score (nSPS) is 24.9. The van der Waals surface area contributed by atoms with Gasteiger partial charge in [0, 0.05) is 11.6 Å². The maximum Gasteiger partial charge on any atom is 0.472 e. The first-order valence-electron chi connectivity index (χ1n) is 20.3. The minimum absolute atomic E-state index is 0.124. The molecule has 1 aliphatic heterocycles. The number of unbranched alkanes of at least 4 members (excludes halogenated alkanes) is 15. The van der Waals surface area contributed by atoms with Gasteiger partial charge in [0.15, 0.2) is 11.4 Å². The number of ether oxygens (including phenoxy) is 3. The molecule has 308 valence electrons. The van der Waals surface area contributed by atoms with E-state index in [1.165, 1.54) is 101 Å². The smallest absolute Gasteiger partial charge is 0.386 e. The van der Waals surface area contributed by atoms with E-state index in [1.807, 2.05) is 18.2 Å². The van der Waals surface area contributed by atoms with Crippen LogP contribution in [0.15, 0.2) is 42.7 Å². The zero-order valence-electron chi connectivity index (χ0n) is 32.5. The molecule has 7 atom stereocenters. The van der Waals surface area contributed by atoms with Crippen LogP contribution in [0.25, 0.3) is 5.52 Å². The van der Waals surface area contributed by atoms with Crippen molar-refractivity contribution in [2.45, 2.75) is 159 Å². The molecule has 0 spiro atoms. The molecular weight excluding hydrogens is 747 g/mol. The molecule has 1 aliphatic carbocycles. The van der Waals surface area contributed by atoms with Gasteiger partial charge in [0.2, 0.25) is 0 Å². The Morgan fingerprint density at radius 1 is 0.945 bits per heavy atom. The summed E-state index contributed by atoms with van der Waals surface area (Å²) in [6.07, 6.45) is 17.2. The van der Waals surface area contributed by atoms with Gasteiger partial charge >= 0.3 is 7.82 Å². The highest BCUT2D eigenvalue weighted by molar-refractivity contribution is 7.47. The summed E-state index contributed by atoms with van der Waals surface area (Å²) >= 11 is 6.32. The van der Waals surface area contributed by atoms with E-state index in [-0.39, 0.29) is 25.6 Å². The van der Waals surface area contributed by atoms with Crippen LogP contribution in [0.3, 0.4) is 0 Å². The number of nitrogen functional groups attached to an aromatic ring is 1. The Bertz CT molecular complexity index is 1670. The number of halogens is 1. The minimum Gasteiger partial charge on any atom is -0.386 e. The molecule has 2 aliphatic rings. The summed E-state index contributed by atoms with van der Waals surface area (Å²) in [5.74, 6) is 0.237. The molecule has 13 nitrogen and oxygen atoms in total. The maximum absolute atomic E-state index is 13.1. The number of fused-ring (bicyclic) bond motifs is 2. The number of rotatable bonds is 28. The number of hydrogen-bond donors (Lipinski definition) is 4. The van der Waals surface area contributed by atoms with Gasteiger partial charge in [-0.3, -0.25) is 9.05 Å². The summed E-state index contributed by atoms with van der Waals surface area (Å²) in [5, 5.41) is 27.4. The van der Waals surface area contributed by atoms with Crippen molar-refractivity contribution in [3.63, 3.8) is 0 Å². The van der Waals surface area contributed by atoms with E-state index in [0.717, 1.165) is 18.4 Å². The lowest BCUT2D eigenvalue weighted by Gasteiger charge is -2.32. The lowest BCUT2D eigenvalue weighted by Crippen LogP contribution is -2.46. The highest BCUT2D eigenvalue weighted by Gasteiger charge is 2.82. The average molecular weight is 809 g/mol. The van der Waals surface area contributed by atoms with Crippen LogP contribution in [-0.2, 0) is 40.0 Å². The second-order valence-electron chi connectivity index (χ2n) is 15.3. The first kappa shape index (κ1) is 44.0. The lowest BCUT2D eigenvalue weighted by molar-refractivity contribution is -0.127. The summed E-state index contributed by atoms with van der Waals surface area (Å²) in [6, 6.07) is 10.6. The number of aliphatic hydroxyl groups is 2. The van der Waals surface area contributed by atoms with Crippen molar-refractivity contribution in [1.82, 2.24) is 14.6 Å². The van der Waals surface area contributed by atoms with Crippen molar-refractivity contribution < 1.29 is 42.9 Å². The van der Waals surface area contributed by atoms with Gasteiger partial charge < -0.3 is 35.1 Å². The number of nitrogens with two attached hydrogens (primary N) is 1. The van der Waals surface area contributed by atoms with Gasteiger partial charge in [0.25, 0.3) is 0 Å². The molecule has 2 unspecified atom stereocenters. The molecule has 15 heteroatoms. The largest absolute Gasteiger partial charge is 0.472 e. The number of phosphoric acid groups is 1. The lowest BCUT2D eigenvalue weighted by atomic mass is 9.91. The molecule has 5 rings (SSSR count). The van der Waals surface area contributed by atoms with Crippen molar-refractivity contribution >= 4 is 30.8 Å². The third-order valence-electron chi connectivity index (χ3n) is 10.9. The predicted molar refractivity (Wildman–Crippen MR) is 212 cm³/mol. The Labute approximate surface area is 330 Å². The Balaban J connectivity index is 1.00. The highest BCUT2D eigenvalue weighted by atomic mass is 35.5. The second kappa shape index (κ2) is 21.0. The van der Waals surface area contributed by atoms with Gasteiger partial charge in [-0.1, -0.05) is 133 Å². The molecule has 2 aromatic heterocycles. The second-order valence-corrected chi connectivity index (χ2v) is 17.1. The molecule has 3 aromatic rings. The fourth-order valence-electron chi connectivity index (χ4n) is 7.52. The molecule has 55 heavy (non-hydrogen) atoms. The molecule has 5 N–H and O–H groups in total. The highest BCUT2D eigenvalue weighted by Crippen LogP contribution is 2.63. The number of nitrogens with zero attached hydrogens (tertiary/aromatic N) is 3. The summed E-state index contributed by atoms with van der Waals surface area (Å²) < 4.78 is 43.3. The van der Waals surface area contributed by atoms with Crippen LogP contribution in [0.1, 0.15) is 128 Å². The van der Waals surface area contributed by atoms with E-state index in [2.05, 4.69) is 17.0 Å². The third-order valence-corrected chi connectivity index (χ3v) is 12.3. The maximum atomic E-state index is 13.1. The molecular formula is C40H62ClN4O9P. The number of phosphoric ester groups is 1. The fourth-order valence-corrected chi connectivity index (χ4v) is 8.69. The quantitative estimate of drug-likeness (QED) is 0.0410. The molecule has 1 aromatic carbocycles. The zero-order chi connectivity index (χ0) is 39.3. The topological polar surface area (TPSA) is 180 Å². The van der Waals surface area contributed by atoms with Gasteiger partial charge in [-0.2, -0.15) is 5.10 Å². The molecule has 3 heterocycles. The van der Waals surface area contributed by atoms with Gasteiger partial charge in [0.05, 0.1) is 25.5 Å². The van der Waals surface area contributed by atoms with Crippen molar-refractivity contribution in [2.75, 3.05) is 25.6 Å². The van der Waals surface area contributed by atoms with Gasteiger partial charge in [-0.25, -0.2) is 14.1 Å². The Morgan fingerprint density at radius 2 is 1.56 bits per heavy atom. The number of benzene rings is 1. The van der Waals surface area contributed by atoms with Crippen LogP contribution in [-0.4, -0.2) is 79.5 Å². The SMILES string of the molecule is CCCCCCCCCCCCCCCCCCOC[C@H](COP(=O)(O)OC1[C@H]2O[C@@](C)(c3ccc4c(N)ncnn34)[C@H](O)[C@@]12O)OCc1ccccc1Cl. The summed E-state index contributed by atoms with van der Waals surface area (Å²) in [6.45, 7) is 4.32. The van der Waals surface area contributed by atoms with E-state index in [9.17, 15) is 19.7 Å². The predicted octanol–water partition coefficient (Wildman–Crippen LogP) is 8.05. The van der Waals surface area contributed by atoms with Crippen molar-refractivity contribution in [2.24, 2.45) is 0 Å². The van der Waals surface area contributed by atoms with E-state index in [4.69, 9.17) is 40.6 Å². The van der Waals surface area contributed by atoms with Crippen LogP contribution in [0, 0.1) is 0 Å². The Kier molecular flexibility index (Phi) is 16.8. The molecule has 1 saturated carbocycles. The fraction of sp³-hybridized carbons (Fsp3) is 0.700. The molecule has 1 saturated heterocycles. The Morgan fingerprint density at radius 3 is 2.16 bits per heavy atom. The van der Waals surface area contributed by atoms with Crippen LogP contribution >= 0.6 is 19.4 Å². The monoisotopic (exact) mass is 808 g/mol. The van der Waals surface area contributed by atoms with Crippen molar-refractivity contribution in [3.8, 4) is 0 Å². The first-order valence-corrected chi connectivity index (χ1v) is 22.1. The summed E-state index contributed by atoms with van der Waals surface area (Å²) in [7, 11) is -4.75. The summed E-state index contributed by atoms with van der Waals surface area (Å²) in [5.41, 5.74) is 4.25. The van der Waals surface area contributed by atoms with Crippen LogP contribution in [0.4, 0.5) is 5.82 Å². The number of aliphatic hydroxyl groups excluding tert-OH is 1. The molecule has 0 bridgehead atoms. The number of aromatic nitrogens is 3. The Hall–Kier alpha value is -2.16. The van der Waals surface area contributed by atoms with Gasteiger partial charge in [-0.15, -0.1) is 0 Å². The van der Waals surface area contributed by atoms with Crippen molar-refractivity contribution in [3.05, 3.63) is 59.0 Å². The van der Waals surface area contributed by atoms with Crippen LogP contribution in [0.2, 0.25) is 5.02 Å². The van der Waals surface area contributed by atoms with Gasteiger partial charge in [0.1, 0.15) is 41.9 Å². The number of hydrogen-bond acceptors (Lipinski definition) is 11. The first-order chi connectivity index (χ1) is 26.5. The van der Waals surface area contributed by atoms with E-state index >= 15 is 0 Å². The van der Waals surface area contributed by atoms with Crippen LogP contribution in [0.5, 0.6) is 0 Å². The average Bonchev–Trinajstić information content (AvgIpc) is 3.40. The standard InChI is InChI=1S/C40H62ClN4O9P/c1-3-4-5-6-7-8-9-10-11-12-13-14-15-16-17-20-25-50-27-31(51-26-30-21-18-19-22-32(30)41)28-52-55(48,49)54-36-35-40(36,47)38(46)39(2,53-35)34-24-23-33-37(42)43-29-44-45(33)34/h18-19,21-24,29,31,35-36,38,46-47H,3-17,20,25-28H2,1-2H3,(H,48,49)(H2,42,43,44)/t31-,35-,36?,38+,39+,40+/m1/s1. The molecule has 0 amide bonds. The zero-order valence-corrected chi connectivity index (χ0v) is 34.2. The van der Waals surface area contributed by atoms with E-state index < -0.39 is 43.4 Å². The van der Waals surface area contributed by atoms with Crippen molar-refractivity contribution in [1.29, 1.82) is 0 Å². The summed E-state index contributed by atoms with van der Waals surface area (Å²) in [4.78, 5) is 14.7. The van der Waals surface area contributed by atoms with Gasteiger partial charge in [-0.05, 0) is 37.1 Å². The third kappa shape index (κ3) is 11.7. The number of anilines is 1. The van der Waals surface area contributed by atoms with E-state index in [1.54, 1.807) is 25.1 Å².